The van der Waals surface area contributed by atoms with Crippen molar-refractivity contribution in [3.63, 3.8) is 0 Å². The van der Waals surface area contributed by atoms with Gasteiger partial charge in [0.1, 0.15) is 0 Å². The molecule has 2 atom stereocenters. The average molecular weight is 320 g/mol. The fourth-order valence-electron chi connectivity index (χ4n) is 3.79. The first-order valence-corrected chi connectivity index (χ1v) is 8.84. The number of aliphatic hydroxyl groups excluding tert-OH is 1. The molecule has 3 N–H and O–H groups in total. The van der Waals surface area contributed by atoms with E-state index in [9.17, 15) is 5.11 Å². The fraction of sp³-hybridized carbons (Fsp3) is 0.333. The molecule has 0 saturated carbocycles. The van der Waals surface area contributed by atoms with Crippen molar-refractivity contribution in [2.75, 3.05) is 6.54 Å². The van der Waals surface area contributed by atoms with E-state index >= 15 is 0 Å². The molecular formula is C21H24N2O. The van der Waals surface area contributed by atoms with Crippen LogP contribution in [0.2, 0.25) is 0 Å². The summed E-state index contributed by atoms with van der Waals surface area (Å²) in [7, 11) is 0. The average Bonchev–Trinajstić information content (AvgIpc) is 2.99. The Morgan fingerprint density at radius 1 is 1.17 bits per heavy atom. The Morgan fingerprint density at radius 2 is 2.00 bits per heavy atom. The number of hydrogen-bond donors (Lipinski definition) is 3. The maximum absolute atomic E-state index is 9.56. The Morgan fingerprint density at radius 3 is 2.79 bits per heavy atom. The monoisotopic (exact) mass is 320 g/mol. The molecule has 3 nitrogen and oxygen atoms in total. The highest BCUT2D eigenvalue weighted by Crippen LogP contribution is 2.36. The first-order valence-electron chi connectivity index (χ1n) is 8.84. The zero-order chi connectivity index (χ0) is 16.5. The normalized spacial score (nSPS) is 18.5. The molecule has 2 aromatic carbocycles. The number of aromatic nitrogens is 1. The van der Waals surface area contributed by atoms with Gasteiger partial charge in [-0.1, -0.05) is 36.4 Å². The lowest BCUT2D eigenvalue weighted by molar-refractivity contribution is 0.184. The van der Waals surface area contributed by atoms with Crippen LogP contribution in [-0.2, 0) is 6.42 Å². The van der Waals surface area contributed by atoms with Gasteiger partial charge in [0.25, 0.3) is 0 Å². The van der Waals surface area contributed by atoms with Crippen LogP contribution in [0.3, 0.4) is 0 Å². The highest BCUT2D eigenvalue weighted by molar-refractivity contribution is 5.89. The Bertz CT molecular complexity index is 836. The maximum atomic E-state index is 9.56. The molecule has 0 fully saturated rings. The summed E-state index contributed by atoms with van der Waals surface area (Å²) in [5.41, 5.74) is 6.49. The Balaban J connectivity index is 1.73. The highest BCUT2D eigenvalue weighted by Gasteiger charge is 2.24. The van der Waals surface area contributed by atoms with Gasteiger partial charge in [-0.15, -0.1) is 0 Å². The number of H-pyrrole nitrogens is 1. The number of hydrogen-bond acceptors (Lipinski definition) is 2. The zero-order valence-corrected chi connectivity index (χ0v) is 14.0. The molecule has 1 aliphatic carbocycles. The number of aryl methyl sites for hydroxylation is 1. The van der Waals surface area contributed by atoms with Crippen LogP contribution in [-0.4, -0.2) is 22.7 Å². The molecule has 3 aromatic rings. The van der Waals surface area contributed by atoms with Crippen molar-refractivity contribution in [1.82, 2.24) is 10.3 Å². The van der Waals surface area contributed by atoms with E-state index in [0.717, 1.165) is 12.8 Å². The summed E-state index contributed by atoms with van der Waals surface area (Å²) in [5, 5.41) is 14.4. The molecule has 124 valence electrons. The van der Waals surface area contributed by atoms with Gasteiger partial charge in [-0.2, -0.15) is 0 Å². The van der Waals surface area contributed by atoms with E-state index < -0.39 is 0 Å². The number of benzene rings is 2. The summed E-state index contributed by atoms with van der Waals surface area (Å²) in [6.07, 6.45) is 3.12. The fourth-order valence-corrected chi connectivity index (χ4v) is 3.79. The first-order chi connectivity index (χ1) is 11.7. The Hall–Kier alpha value is -2.10. The summed E-state index contributed by atoms with van der Waals surface area (Å²) in [6, 6.07) is 17.6. The topological polar surface area (TPSA) is 48.0 Å². The van der Waals surface area contributed by atoms with E-state index in [1.165, 1.54) is 39.7 Å². The molecule has 0 radical (unpaired) electrons. The van der Waals surface area contributed by atoms with Crippen LogP contribution in [0, 0.1) is 0 Å². The number of fused-ring (bicyclic) bond motifs is 3. The van der Waals surface area contributed by atoms with Gasteiger partial charge in [0.15, 0.2) is 0 Å². The molecule has 0 bridgehead atoms. The molecule has 4 rings (SSSR count). The van der Waals surface area contributed by atoms with E-state index in [1.807, 2.05) is 6.92 Å². The Kier molecular flexibility index (Phi) is 4.13. The minimum atomic E-state index is -0.315. The molecule has 1 aromatic heterocycles. The van der Waals surface area contributed by atoms with Crippen molar-refractivity contribution in [2.24, 2.45) is 0 Å². The summed E-state index contributed by atoms with van der Waals surface area (Å²) >= 11 is 0. The van der Waals surface area contributed by atoms with Crippen molar-refractivity contribution in [3.8, 4) is 11.1 Å². The molecule has 1 aliphatic rings. The van der Waals surface area contributed by atoms with E-state index in [4.69, 9.17) is 0 Å². The molecule has 0 unspecified atom stereocenters. The molecule has 0 amide bonds. The van der Waals surface area contributed by atoms with Crippen LogP contribution in [0.25, 0.3) is 22.0 Å². The first kappa shape index (κ1) is 15.4. The van der Waals surface area contributed by atoms with Crippen molar-refractivity contribution >= 4 is 10.9 Å². The molecule has 24 heavy (non-hydrogen) atoms. The SMILES string of the molecule is C[C@@H](O)CN[C@@H]1CCCc2c1[nH]c1ccc(-c3ccccc3)cc21. The van der Waals surface area contributed by atoms with Crippen LogP contribution < -0.4 is 5.32 Å². The van der Waals surface area contributed by atoms with Gasteiger partial charge in [-0.3, -0.25) is 0 Å². The van der Waals surface area contributed by atoms with Crippen LogP contribution in [0.15, 0.2) is 48.5 Å². The van der Waals surface area contributed by atoms with E-state index in [2.05, 4.69) is 58.8 Å². The van der Waals surface area contributed by atoms with Gasteiger partial charge < -0.3 is 15.4 Å². The number of aliphatic hydroxyl groups is 1. The van der Waals surface area contributed by atoms with Crippen LogP contribution in [0.4, 0.5) is 0 Å². The second-order valence-corrected chi connectivity index (χ2v) is 6.85. The van der Waals surface area contributed by atoms with Crippen molar-refractivity contribution < 1.29 is 5.11 Å². The number of nitrogens with one attached hydrogen (secondary N) is 2. The zero-order valence-electron chi connectivity index (χ0n) is 14.0. The third kappa shape index (κ3) is 2.85. The lowest BCUT2D eigenvalue weighted by Gasteiger charge is -2.24. The standard InChI is InChI=1S/C21H24N2O/c1-14(24)13-22-20-9-5-8-17-18-12-16(15-6-3-2-4-7-15)10-11-19(18)23-21(17)20/h2-4,6-7,10-12,14,20,22-24H,5,8-9,13H2,1H3/t14-,20-/m1/s1. The lowest BCUT2D eigenvalue weighted by Crippen LogP contribution is -2.31. The van der Waals surface area contributed by atoms with Gasteiger partial charge in [0.2, 0.25) is 0 Å². The van der Waals surface area contributed by atoms with Crippen LogP contribution in [0.5, 0.6) is 0 Å². The van der Waals surface area contributed by atoms with Gasteiger partial charge in [-0.25, -0.2) is 0 Å². The number of rotatable bonds is 4. The molecule has 3 heteroatoms. The van der Waals surface area contributed by atoms with Gasteiger partial charge in [0.05, 0.1) is 6.10 Å². The van der Waals surface area contributed by atoms with Crippen molar-refractivity contribution in [3.05, 3.63) is 59.8 Å². The van der Waals surface area contributed by atoms with E-state index in [1.54, 1.807) is 0 Å². The third-order valence-corrected chi connectivity index (χ3v) is 4.97. The second-order valence-electron chi connectivity index (χ2n) is 6.85. The molecule has 0 spiro atoms. The van der Waals surface area contributed by atoms with Gasteiger partial charge >= 0.3 is 0 Å². The minimum absolute atomic E-state index is 0.315. The maximum Gasteiger partial charge on any atom is 0.0636 e. The lowest BCUT2D eigenvalue weighted by atomic mass is 9.91. The summed E-state index contributed by atoms with van der Waals surface area (Å²) < 4.78 is 0. The summed E-state index contributed by atoms with van der Waals surface area (Å²) in [6.45, 7) is 2.46. The van der Waals surface area contributed by atoms with Crippen LogP contribution >= 0.6 is 0 Å². The van der Waals surface area contributed by atoms with E-state index in [0.29, 0.717) is 12.6 Å². The Labute approximate surface area is 142 Å². The molecular weight excluding hydrogens is 296 g/mol. The predicted octanol–water partition coefficient (Wildman–Crippen LogP) is 4.18. The predicted molar refractivity (Wildman–Crippen MR) is 99.1 cm³/mol. The third-order valence-electron chi connectivity index (χ3n) is 4.97. The summed E-state index contributed by atoms with van der Waals surface area (Å²) in [5.74, 6) is 0. The summed E-state index contributed by atoms with van der Waals surface area (Å²) in [4.78, 5) is 3.62. The van der Waals surface area contributed by atoms with Crippen molar-refractivity contribution in [2.45, 2.75) is 38.3 Å². The molecule has 0 aliphatic heterocycles. The highest BCUT2D eigenvalue weighted by atomic mass is 16.3. The molecule has 1 heterocycles. The van der Waals surface area contributed by atoms with Gasteiger partial charge in [-0.05, 0) is 55.0 Å². The smallest absolute Gasteiger partial charge is 0.0636 e. The van der Waals surface area contributed by atoms with Crippen molar-refractivity contribution in [1.29, 1.82) is 0 Å². The second kappa shape index (κ2) is 6.42. The molecule has 0 saturated heterocycles. The van der Waals surface area contributed by atoms with Crippen LogP contribution in [0.1, 0.15) is 37.1 Å². The largest absolute Gasteiger partial charge is 0.392 e. The minimum Gasteiger partial charge on any atom is -0.392 e. The van der Waals surface area contributed by atoms with E-state index in [-0.39, 0.29) is 6.10 Å². The van der Waals surface area contributed by atoms with Gasteiger partial charge in [0, 0.05) is 29.2 Å². The number of aromatic amines is 1. The quantitative estimate of drug-likeness (QED) is 0.675.